The topological polar surface area (TPSA) is 86.9 Å². The van der Waals surface area contributed by atoms with E-state index in [9.17, 15) is 9.59 Å². The highest BCUT2D eigenvalue weighted by molar-refractivity contribution is 6.11. The molecule has 1 saturated heterocycles. The molecule has 2 aromatic carbocycles. The molecule has 3 aromatic rings. The molecule has 1 amide bonds. The van der Waals surface area contributed by atoms with E-state index in [2.05, 4.69) is 44.4 Å². The number of esters is 1. The van der Waals surface area contributed by atoms with E-state index >= 15 is 0 Å². The number of carbonyl (C=O) groups excluding carboxylic acids is 2. The highest BCUT2D eigenvalue weighted by Crippen LogP contribution is 2.31. The first-order valence-electron chi connectivity index (χ1n) is 11.1. The number of benzene rings is 2. The number of aromatic amines is 1. The van der Waals surface area contributed by atoms with Gasteiger partial charge in [0.05, 0.1) is 31.5 Å². The van der Waals surface area contributed by atoms with Gasteiger partial charge in [0.1, 0.15) is 11.4 Å². The third-order valence-electron chi connectivity index (χ3n) is 6.23. The molecular formula is C25H30N4O4. The SMILES string of the molecule is COC(=O)c1[nH]c2cc(OC)ccc2c1NC(=O)C(C)N1CCN(Cc2ccccc2)CC1. The Bertz CT molecular complexity index is 1120. The molecule has 174 valence electrons. The first-order valence-corrected chi connectivity index (χ1v) is 11.1. The molecule has 8 heteroatoms. The summed E-state index contributed by atoms with van der Waals surface area (Å²) in [5.41, 5.74) is 2.63. The summed E-state index contributed by atoms with van der Waals surface area (Å²) in [6.45, 7) is 6.21. The zero-order valence-corrected chi connectivity index (χ0v) is 19.3. The highest BCUT2D eigenvalue weighted by atomic mass is 16.5. The number of hydrogen-bond donors (Lipinski definition) is 2. The van der Waals surface area contributed by atoms with Crippen molar-refractivity contribution in [3.8, 4) is 5.75 Å². The van der Waals surface area contributed by atoms with Gasteiger partial charge in [0.15, 0.2) is 0 Å². The Balaban J connectivity index is 1.44. The minimum Gasteiger partial charge on any atom is -0.497 e. The monoisotopic (exact) mass is 450 g/mol. The summed E-state index contributed by atoms with van der Waals surface area (Å²) in [5.74, 6) is -0.0455. The lowest BCUT2D eigenvalue weighted by Crippen LogP contribution is -2.52. The second-order valence-electron chi connectivity index (χ2n) is 8.24. The van der Waals surface area contributed by atoms with Gasteiger partial charge >= 0.3 is 5.97 Å². The quantitative estimate of drug-likeness (QED) is 0.538. The number of rotatable bonds is 7. The minimum atomic E-state index is -0.539. The summed E-state index contributed by atoms with van der Waals surface area (Å²) < 4.78 is 10.2. The van der Waals surface area contributed by atoms with E-state index in [1.54, 1.807) is 19.2 Å². The molecule has 1 atom stereocenters. The number of H-pyrrole nitrogens is 1. The van der Waals surface area contributed by atoms with Crippen LogP contribution in [0, 0.1) is 0 Å². The number of amides is 1. The molecule has 33 heavy (non-hydrogen) atoms. The molecule has 1 aliphatic heterocycles. The third kappa shape index (κ3) is 5.02. The third-order valence-corrected chi connectivity index (χ3v) is 6.23. The fraction of sp³-hybridized carbons (Fsp3) is 0.360. The summed E-state index contributed by atoms with van der Waals surface area (Å²) in [7, 11) is 2.90. The highest BCUT2D eigenvalue weighted by Gasteiger charge is 2.28. The van der Waals surface area contributed by atoms with Crippen LogP contribution in [-0.2, 0) is 16.1 Å². The van der Waals surface area contributed by atoms with Gasteiger partial charge < -0.3 is 19.8 Å². The van der Waals surface area contributed by atoms with Gasteiger partial charge in [0.2, 0.25) is 5.91 Å². The van der Waals surface area contributed by atoms with E-state index in [1.165, 1.54) is 12.7 Å². The zero-order valence-electron chi connectivity index (χ0n) is 19.3. The number of nitrogens with zero attached hydrogens (tertiary/aromatic N) is 2. The standard InChI is InChI=1S/C25H30N4O4/c1-17(29-13-11-28(12-14-29)16-18-7-5-4-6-8-18)24(30)27-22-20-10-9-19(32-2)15-21(20)26-23(22)25(31)33-3/h4-10,15,17,26H,11-14,16H2,1-3H3,(H,27,30). The van der Waals surface area contributed by atoms with Crippen LogP contribution in [0.25, 0.3) is 10.9 Å². The molecule has 0 radical (unpaired) electrons. The molecule has 2 heterocycles. The Labute approximate surface area is 193 Å². The fourth-order valence-corrected chi connectivity index (χ4v) is 4.23. The molecule has 2 N–H and O–H groups in total. The smallest absolute Gasteiger partial charge is 0.356 e. The molecule has 1 aliphatic rings. The van der Waals surface area contributed by atoms with Crippen LogP contribution >= 0.6 is 0 Å². The Morgan fingerprint density at radius 1 is 1.06 bits per heavy atom. The average molecular weight is 451 g/mol. The molecule has 1 unspecified atom stereocenters. The predicted molar refractivity (Wildman–Crippen MR) is 128 cm³/mol. The van der Waals surface area contributed by atoms with Gasteiger partial charge in [-0.1, -0.05) is 30.3 Å². The van der Waals surface area contributed by atoms with Crippen molar-refractivity contribution in [2.45, 2.75) is 19.5 Å². The van der Waals surface area contributed by atoms with Crippen molar-refractivity contribution in [2.24, 2.45) is 0 Å². The van der Waals surface area contributed by atoms with Crippen LogP contribution < -0.4 is 10.1 Å². The maximum absolute atomic E-state index is 13.2. The van der Waals surface area contributed by atoms with Crippen LogP contribution in [0.5, 0.6) is 5.75 Å². The van der Waals surface area contributed by atoms with Crippen molar-refractivity contribution in [3.63, 3.8) is 0 Å². The molecule has 1 aromatic heterocycles. The van der Waals surface area contributed by atoms with Crippen molar-refractivity contribution in [1.29, 1.82) is 0 Å². The van der Waals surface area contributed by atoms with Gasteiger partial charge in [-0.15, -0.1) is 0 Å². The zero-order chi connectivity index (χ0) is 23.4. The Hall–Kier alpha value is -3.36. The van der Waals surface area contributed by atoms with Crippen LogP contribution in [0.2, 0.25) is 0 Å². The van der Waals surface area contributed by atoms with Crippen LogP contribution in [0.4, 0.5) is 5.69 Å². The Kier molecular flexibility index (Phi) is 6.96. The van der Waals surface area contributed by atoms with Gasteiger partial charge in [-0.25, -0.2) is 4.79 Å². The van der Waals surface area contributed by atoms with Crippen LogP contribution in [0.15, 0.2) is 48.5 Å². The number of piperazine rings is 1. The molecule has 0 aliphatic carbocycles. The fourth-order valence-electron chi connectivity index (χ4n) is 4.23. The number of anilines is 1. The summed E-state index contributed by atoms with van der Waals surface area (Å²) in [5, 5.41) is 3.69. The van der Waals surface area contributed by atoms with Crippen molar-refractivity contribution in [1.82, 2.24) is 14.8 Å². The Morgan fingerprint density at radius 2 is 1.79 bits per heavy atom. The van der Waals surface area contributed by atoms with Gasteiger partial charge in [-0.05, 0) is 24.6 Å². The summed E-state index contributed by atoms with van der Waals surface area (Å²) >= 11 is 0. The predicted octanol–water partition coefficient (Wildman–Crippen LogP) is 3.11. The summed E-state index contributed by atoms with van der Waals surface area (Å²) in [6.07, 6.45) is 0. The maximum Gasteiger partial charge on any atom is 0.356 e. The van der Waals surface area contributed by atoms with E-state index in [-0.39, 0.29) is 17.6 Å². The van der Waals surface area contributed by atoms with Gasteiger partial charge in [0.25, 0.3) is 0 Å². The summed E-state index contributed by atoms with van der Waals surface area (Å²) in [6, 6.07) is 15.5. The number of ether oxygens (including phenoxy) is 2. The van der Waals surface area contributed by atoms with E-state index < -0.39 is 5.97 Å². The minimum absolute atomic E-state index is 0.159. The van der Waals surface area contributed by atoms with Gasteiger partial charge in [0, 0.05) is 44.2 Å². The second kappa shape index (κ2) is 10.1. The molecule has 4 rings (SSSR count). The number of hydrogen-bond acceptors (Lipinski definition) is 6. The number of fused-ring (bicyclic) bond motifs is 1. The first-order chi connectivity index (χ1) is 16.0. The molecule has 8 nitrogen and oxygen atoms in total. The van der Waals surface area contributed by atoms with Crippen molar-refractivity contribution in [2.75, 3.05) is 45.7 Å². The molecular weight excluding hydrogens is 420 g/mol. The van der Waals surface area contributed by atoms with Gasteiger partial charge in [-0.3, -0.25) is 14.6 Å². The first kappa shape index (κ1) is 22.8. The maximum atomic E-state index is 13.2. The average Bonchev–Trinajstić information content (AvgIpc) is 3.21. The molecule has 0 saturated carbocycles. The van der Waals surface area contributed by atoms with E-state index in [0.29, 0.717) is 17.0 Å². The number of carbonyl (C=O) groups is 2. The van der Waals surface area contributed by atoms with Crippen molar-refractivity contribution in [3.05, 3.63) is 59.8 Å². The van der Waals surface area contributed by atoms with E-state index in [1.807, 2.05) is 19.1 Å². The van der Waals surface area contributed by atoms with Crippen molar-refractivity contribution >= 4 is 28.5 Å². The number of methoxy groups -OCH3 is 2. The van der Waals surface area contributed by atoms with Gasteiger partial charge in [-0.2, -0.15) is 0 Å². The second-order valence-corrected chi connectivity index (χ2v) is 8.24. The largest absolute Gasteiger partial charge is 0.497 e. The lowest BCUT2D eigenvalue weighted by atomic mass is 10.1. The summed E-state index contributed by atoms with van der Waals surface area (Å²) in [4.78, 5) is 33.1. The lowest BCUT2D eigenvalue weighted by Gasteiger charge is -2.37. The van der Waals surface area contributed by atoms with Crippen LogP contribution in [0.3, 0.4) is 0 Å². The Morgan fingerprint density at radius 3 is 2.45 bits per heavy atom. The van der Waals surface area contributed by atoms with E-state index in [0.717, 1.165) is 38.1 Å². The van der Waals surface area contributed by atoms with E-state index in [4.69, 9.17) is 9.47 Å². The number of aromatic nitrogens is 1. The van der Waals surface area contributed by atoms with Crippen LogP contribution in [-0.4, -0.2) is 73.1 Å². The molecule has 1 fully saturated rings. The normalized spacial score (nSPS) is 15.8. The molecule has 0 bridgehead atoms. The lowest BCUT2D eigenvalue weighted by molar-refractivity contribution is -0.121. The van der Waals surface area contributed by atoms with Crippen molar-refractivity contribution < 1.29 is 19.1 Å². The number of nitrogens with one attached hydrogen (secondary N) is 2. The van der Waals surface area contributed by atoms with Crippen LogP contribution in [0.1, 0.15) is 23.0 Å². The molecule has 0 spiro atoms.